The predicted octanol–water partition coefficient (Wildman–Crippen LogP) is 2.78. The highest BCUT2D eigenvalue weighted by Gasteiger charge is 2.46. The highest BCUT2D eigenvalue weighted by molar-refractivity contribution is 4.84. The molecule has 0 amide bonds. The number of epoxide rings is 1. The van der Waals surface area contributed by atoms with E-state index in [1.54, 1.807) is 0 Å². The second-order valence-electron chi connectivity index (χ2n) is 5.45. The highest BCUT2D eigenvalue weighted by atomic mass is 17.0. The molecular weight excluding hydrogens is 206 g/mol. The monoisotopic (exact) mass is 230 g/mol. The third-order valence-electron chi connectivity index (χ3n) is 3.56. The first-order valence-electron chi connectivity index (χ1n) is 6.13. The van der Waals surface area contributed by atoms with Crippen LogP contribution in [0.15, 0.2) is 0 Å². The fraction of sp³-hybridized carbons (Fsp3) is 1.00. The lowest BCUT2D eigenvalue weighted by molar-refractivity contribution is -0.188. The summed E-state index contributed by atoms with van der Waals surface area (Å²) in [5, 5.41) is 12.3. The van der Waals surface area contributed by atoms with Crippen LogP contribution in [0.3, 0.4) is 0 Å². The molecule has 1 heterocycles. The van der Waals surface area contributed by atoms with Crippen LogP contribution in [0.1, 0.15) is 41.5 Å². The minimum absolute atomic E-state index is 0.0795. The summed E-state index contributed by atoms with van der Waals surface area (Å²) < 4.78 is 5.38. The lowest BCUT2D eigenvalue weighted by Gasteiger charge is -2.35. The number of ether oxygens (including phenoxy) is 1. The Morgan fingerprint density at radius 3 is 2.06 bits per heavy atom. The summed E-state index contributed by atoms with van der Waals surface area (Å²) in [7, 11) is 0. The van der Waals surface area contributed by atoms with Gasteiger partial charge in [-0.1, -0.05) is 34.6 Å². The molecule has 4 nitrogen and oxygen atoms in total. The van der Waals surface area contributed by atoms with Crippen LogP contribution >= 0.6 is 0 Å². The van der Waals surface area contributed by atoms with E-state index in [1.807, 2.05) is 20.8 Å². The topological polar surface area (TPSA) is 48.1 Å². The van der Waals surface area contributed by atoms with Gasteiger partial charge in [0, 0.05) is 6.04 Å². The standard InChI is InChI=1S/C12H24NO3/c1-7(2)9(5)11-12(15-11)16-13(14)10(6)8(3)4/h7-12H,1-6H3/q-1/t9?,10?,11?,12-/m0/s1. The van der Waals surface area contributed by atoms with Gasteiger partial charge < -0.3 is 9.94 Å². The first-order valence-corrected chi connectivity index (χ1v) is 6.13. The van der Waals surface area contributed by atoms with Gasteiger partial charge in [0.25, 0.3) is 0 Å². The summed E-state index contributed by atoms with van der Waals surface area (Å²) in [5.41, 5.74) is 0. The van der Waals surface area contributed by atoms with Crippen LogP contribution in [-0.2, 0) is 9.57 Å². The average Bonchev–Trinajstić information content (AvgIpc) is 2.94. The molecule has 0 aliphatic carbocycles. The van der Waals surface area contributed by atoms with Crippen molar-refractivity contribution in [3.8, 4) is 0 Å². The molecule has 1 rings (SSSR count). The highest BCUT2D eigenvalue weighted by Crippen LogP contribution is 2.35. The van der Waals surface area contributed by atoms with E-state index in [9.17, 15) is 5.21 Å². The van der Waals surface area contributed by atoms with Gasteiger partial charge in [-0.05, 0) is 24.7 Å². The van der Waals surface area contributed by atoms with E-state index in [-0.39, 0.29) is 24.4 Å². The summed E-state index contributed by atoms with van der Waals surface area (Å²) in [6.45, 7) is 12.3. The second kappa shape index (κ2) is 5.45. The Morgan fingerprint density at radius 1 is 1.06 bits per heavy atom. The summed E-state index contributed by atoms with van der Waals surface area (Å²) in [4.78, 5) is 5.22. The van der Waals surface area contributed by atoms with Gasteiger partial charge >= 0.3 is 0 Å². The van der Waals surface area contributed by atoms with E-state index in [0.29, 0.717) is 17.1 Å². The first-order chi connectivity index (χ1) is 7.34. The molecule has 0 N–H and O–H groups in total. The average molecular weight is 230 g/mol. The van der Waals surface area contributed by atoms with Gasteiger partial charge in [0.15, 0.2) is 0 Å². The van der Waals surface area contributed by atoms with Crippen molar-refractivity contribution < 1.29 is 9.57 Å². The van der Waals surface area contributed by atoms with E-state index in [4.69, 9.17) is 9.57 Å². The Labute approximate surface area is 98.4 Å². The van der Waals surface area contributed by atoms with E-state index < -0.39 is 0 Å². The first kappa shape index (κ1) is 13.9. The van der Waals surface area contributed by atoms with Gasteiger partial charge in [-0.2, -0.15) is 0 Å². The predicted molar refractivity (Wildman–Crippen MR) is 63.3 cm³/mol. The van der Waals surface area contributed by atoms with E-state index in [0.717, 1.165) is 0 Å². The molecule has 4 atom stereocenters. The smallest absolute Gasteiger partial charge is 0.203 e. The Bertz CT molecular complexity index is 220. The molecule has 16 heavy (non-hydrogen) atoms. The van der Waals surface area contributed by atoms with Crippen LogP contribution < -0.4 is 0 Å². The molecule has 0 aromatic rings. The molecule has 0 saturated carbocycles. The van der Waals surface area contributed by atoms with Crippen LogP contribution in [0.2, 0.25) is 0 Å². The molecule has 1 saturated heterocycles. The zero-order chi connectivity index (χ0) is 12.5. The van der Waals surface area contributed by atoms with Crippen LogP contribution in [-0.4, -0.2) is 23.7 Å². The molecule has 0 radical (unpaired) electrons. The third-order valence-corrected chi connectivity index (χ3v) is 3.56. The number of nitrogens with zero attached hydrogens (tertiary/aromatic N) is 1. The van der Waals surface area contributed by atoms with E-state index >= 15 is 0 Å². The molecule has 1 aliphatic heterocycles. The van der Waals surface area contributed by atoms with Crippen molar-refractivity contribution in [1.82, 2.24) is 5.23 Å². The zero-order valence-corrected chi connectivity index (χ0v) is 11.1. The molecule has 4 heteroatoms. The minimum atomic E-state index is -0.337. The van der Waals surface area contributed by atoms with Crippen molar-refractivity contribution in [3.05, 3.63) is 5.21 Å². The van der Waals surface area contributed by atoms with Gasteiger partial charge in [-0.25, -0.2) is 0 Å². The van der Waals surface area contributed by atoms with Gasteiger partial charge in [-0.15, -0.1) is 0 Å². The maximum Gasteiger partial charge on any atom is 0.203 e. The van der Waals surface area contributed by atoms with Crippen molar-refractivity contribution in [2.24, 2.45) is 17.8 Å². The summed E-state index contributed by atoms with van der Waals surface area (Å²) in [6, 6.07) is -0.140. The van der Waals surface area contributed by atoms with Crippen molar-refractivity contribution >= 4 is 0 Å². The van der Waals surface area contributed by atoms with Crippen LogP contribution in [0, 0.1) is 23.0 Å². The summed E-state index contributed by atoms with van der Waals surface area (Å²) in [6.07, 6.45) is -0.257. The van der Waals surface area contributed by atoms with Crippen LogP contribution in [0.5, 0.6) is 0 Å². The quantitative estimate of drug-likeness (QED) is 0.520. The number of hydrogen-bond acceptors (Lipinski definition) is 4. The van der Waals surface area contributed by atoms with Crippen molar-refractivity contribution in [2.75, 3.05) is 0 Å². The van der Waals surface area contributed by atoms with Gasteiger partial charge in [0.2, 0.25) is 6.29 Å². The van der Waals surface area contributed by atoms with Crippen molar-refractivity contribution in [2.45, 2.75) is 60.0 Å². The largest absolute Gasteiger partial charge is 0.762 e. The summed E-state index contributed by atoms with van der Waals surface area (Å²) >= 11 is 0. The van der Waals surface area contributed by atoms with Crippen molar-refractivity contribution in [3.63, 3.8) is 0 Å². The maximum absolute atomic E-state index is 11.6. The van der Waals surface area contributed by atoms with Crippen LogP contribution in [0.25, 0.3) is 0 Å². The zero-order valence-electron chi connectivity index (χ0n) is 11.1. The van der Waals surface area contributed by atoms with Gasteiger partial charge in [0.05, 0.1) is 0 Å². The number of rotatable bonds is 6. The van der Waals surface area contributed by atoms with E-state index in [1.165, 1.54) is 0 Å². The molecule has 0 bridgehead atoms. The Kier molecular flexibility index (Phi) is 4.73. The Hall–Kier alpha value is -0.160. The molecule has 3 unspecified atom stereocenters. The summed E-state index contributed by atoms with van der Waals surface area (Å²) in [5.74, 6) is 1.24. The van der Waals surface area contributed by atoms with Crippen molar-refractivity contribution in [1.29, 1.82) is 0 Å². The molecular formula is C12H24NO3-. The molecule has 1 aliphatic rings. The molecule has 96 valence electrons. The van der Waals surface area contributed by atoms with Gasteiger partial charge in [0.1, 0.15) is 6.10 Å². The Balaban J connectivity index is 2.31. The molecule has 0 aromatic carbocycles. The number of hydroxylamine groups is 2. The van der Waals surface area contributed by atoms with E-state index in [2.05, 4.69) is 20.8 Å². The SMILES string of the molecule is CC(C)C(C)C1O[C@H]1ON([O-])C(C)C(C)C. The fourth-order valence-electron chi connectivity index (χ4n) is 1.39. The van der Waals surface area contributed by atoms with Crippen LogP contribution in [0.4, 0.5) is 0 Å². The fourth-order valence-corrected chi connectivity index (χ4v) is 1.39. The lowest BCUT2D eigenvalue weighted by Crippen LogP contribution is -2.33. The van der Waals surface area contributed by atoms with Gasteiger partial charge in [-0.3, -0.25) is 10.1 Å². The number of hydrogen-bond donors (Lipinski definition) is 0. The lowest BCUT2D eigenvalue weighted by atomic mass is 9.95. The Morgan fingerprint density at radius 2 is 1.62 bits per heavy atom. The maximum atomic E-state index is 11.6. The molecule has 0 spiro atoms. The third kappa shape index (κ3) is 3.42. The molecule has 0 aromatic heterocycles. The minimum Gasteiger partial charge on any atom is -0.762 e. The second-order valence-corrected chi connectivity index (χ2v) is 5.45. The molecule has 1 fully saturated rings. The normalized spacial score (nSPS) is 28.9.